The molecule has 0 unspecified atom stereocenters. The zero-order valence-electron chi connectivity index (χ0n) is 23.0. The highest BCUT2D eigenvalue weighted by molar-refractivity contribution is 7.88. The lowest BCUT2D eigenvalue weighted by Crippen LogP contribution is -2.59. The van der Waals surface area contributed by atoms with E-state index < -0.39 is 21.6 Å². The Labute approximate surface area is 235 Å². The Morgan fingerprint density at radius 2 is 1.75 bits per heavy atom. The highest BCUT2D eigenvalue weighted by atomic mass is 32.2. The summed E-state index contributed by atoms with van der Waals surface area (Å²) >= 11 is 0. The van der Waals surface area contributed by atoms with Crippen LogP contribution in [0.1, 0.15) is 54.9 Å². The number of nitrogens with one attached hydrogen (secondary N) is 2. The Bertz CT molecular complexity index is 1340. The highest BCUT2D eigenvalue weighted by Gasteiger charge is 2.41. The number of piperidine rings is 2. The topological polar surface area (TPSA) is 116 Å². The number of anilines is 1. The molecule has 0 spiro atoms. The Morgan fingerprint density at radius 1 is 1.05 bits per heavy atom. The number of nitrogens with zero attached hydrogens (tertiary/aromatic N) is 2. The van der Waals surface area contributed by atoms with Crippen molar-refractivity contribution >= 4 is 33.4 Å². The van der Waals surface area contributed by atoms with Gasteiger partial charge in [-0.25, -0.2) is 21.9 Å². The average molecular weight is 573 g/mol. The molecule has 2 aromatic rings. The molecular weight excluding hydrogens is 535 g/mol. The second-order valence-electron chi connectivity index (χ2n) is 11.0. The van der Waals surface area contributed by atoms with Gasteiger partial charge in [-0.2, -0.15) is 0 Å². The van der Waals surface area contributed by atoms with Crippen LogP contribution in [0.4, 0.5) is 14.9 Å². The Morgan fingerprint density at radius 3 is 2.40 bits per heavy atom. The fourth-order valence-corrected chi connectivity index (χ4v) is 6.47. The van der Waals surface area contributed by atoms with Crippen LogP contribution >= 0.6 is 0 Å². The fraction of sp³-hybridized carbons (Fsp3) is 0.483. The number of halogens is 1. The SMILES string of the molecule is CC(=O)c1cccc(NC(=O)NC2(CC(=O)N3CCC[C@@H](Cc4ccc(F)cc4)C3)CCN(S(C)(=O)=O)CC2)c1. The van der Waals surface area contributed by atoms with Gasteiger partial charge >= 0.3 is 6.03 Å². The molecular formula is C29H37FN4O5S. The highest BCUT2D eigenvalue weighted by Crippen LogP contribution is 2.30. The van der Waals surface area contributed by atoms with Gasteiger partial charge in [-0.3, -0.25) is 9.59 Å². The van der Waals surface area contributed by atoms with Gasteiger partial charge in [0.15, 0.2) is 5.78 Å². The van der Waals surface area contributed by atoms with Gasteiger partial charge in [-0.15, -0.1) is 0 Å². The standard InChI is InChI=1S/C29H37FN4O5S/c1-21(35)24-6-3-7-26(18-24)31-28(37)32-29(12-15-34(16-13-29)40(2,38)39)19-27(36)33-14-4-5-23(20-33)17-22-8-10-25(30)11-9-22/h3,6-11,18,23H,4-5,12-17,19-20H2,1-2H3,(H2,31,32,37)/t23-/m0/s1. The fourth-order valence-electron chi connectivity index (χ4n) is 5.62. The van der Waals surface area contributed by atoms with Crippen molar-refractivity contribution in [2.24, 2.45) is 5.92 Å². The third-order valence-corrected chi connectivity index (χ3v) is 9.16. The summed E-state index contributed by atoms with van der Waals surface area (Å²) < 4.78 is 38.9. The normalized spacial score (nSPS) is 19.6. The molecule has 40 heavy (non-hydrogen) atoms. The second-order valence-corrected chi connectivity index (χ2v) is 13.0. The van der Waals surface area contributed by atoms with E-state index in [1.54, 1.807) is 36.4 Å². The summed E-state index contributed by atoms with van der Waals surface area (Å²) in [7, 11) is -3.40. The molecule has 2 fully saturated rings. The van der Waals surface area contributed by atoms with Gasteiger partial charge in [0, 0.05) is 37.4 Å². The number of hydrogen-bond acceptors (Lipinski definition) is 5. The maximum atomic E-state index is 13.6. The molecule has 2 aliphatic heterocycles. The minimum atomic E-state index is -3.40. The van der Waals surface area contributed by atoms with E-state index in [-0.39, 0.29) is 42.9 Å². The van der Waals surface area contributed by atoms with E-state index in [9.17, 15) is 27.2 Å². The Balaban J connectivity index is 1.45. The molecule has 4 rings (SSSR count). The lowest BCUT2D eigenvalue weighted by atomic mass is 9.84. The lowest BCUT2D eigenvalue weighted by Gasteiger charge is -2.42. The largest absolute Gasteiger partial charge is 0.342 e. The third kappa shape index (κ3) is 7.88. The number of hydrogen-bond donors (Lipinski definition) is 2. The maximum absolute atomic E-state index is 13.6. The van der Waals surface area contributed by atoms with Gasteiger partial charge in [0.25, 0.3) is 0 Å². The average Bonchev–Trinajstić information content (AvgIpc) is 2.90. The third-order valence-electron chi connectivity index (χ3n) is 7.85. The smallest absolute Gasteiger partial charge is 0.319 e. The van der Waals surface area contributed by atoms with E-state index in [0.29, 0.717) is 37.2 Å². The van der Waals surface area contributed by atoms with Crippen molar-refractivity contribution in [1.29, 1.82) is 0 Å². The van der Waals surface area contributed by atoms with Gasteiger partial charge in [-0.1, -0.05) is 24.3 Å². The molecule has 2 N–H and O–H groups in total. The number of likely N-dealkylation sites (tertiary alicyclic amines) is 1. The van der Waals surface area contributed by atoms with Gasteiger partial charge in [0.05, 0.1) is 18.2 Å². The van der Waals surface area contributed by atoms with E-state index in [1.165, 1.54) is 23.4 Å². The summed E-state index contributed by atoms with van der Waals surface area (Å²) in [5, 5.41) is 5.74. The predicted molar refractivity (Wildman–Crippen MR) is 151 cm³/mol. The molecule has 2 aromatic carbocycles. The number of carbonyl (C=O) groups is 3. The molecule has 0 saturated carbocycles. The van der Waals surface area contributed by atoms with Crippen molar-refractivity contribution in [3.8, 4) is 0 Å². The van der Waals surface area contributed by atoms with Crippen LogP contribution in [0, 0.1) is 11.7 Å². The van der Waals surface area contributed by atoms with E-state index in [4.69, 9.17) is 0 Å². The summed E-state index contributed by atoms with van der Waals surface area (Å²) in [4.78, 5) is 40.2. The number of sulfonamides is 1. The molecule has 0 bridgehead atoms. The molecule has 11 heteroatoms. The van der Waals surface area contributed by atoms with Crippen LogP contribution in [0.3, 0.4) is 0 Å². The van der Waals surface area contributed by atoms with Crippen LogP contribution in [-0.2, 0) is 21.2 Å². The first-order valence-electron chi connectivity index (χ1n) is 13.6. The van der Waals surface area contributed by atoms with E-state index in [1.807, 2.05) is 4.90 Å². The van der Waals surface area contributed by atoms with Crippen molar-refractivity contribution in [3.05, 3.63) is 65.5 Å². The van der Waals surface area contributed by atoms with Crippen molar-refractivity contribution < 1.29 is 27.2 Å². The number of carbonyl (C=O) groups excluding carboxylic acids is 3. The van der Waals surface area contributed by atoms with Gasteiger partial charge < -0.3 is 15.5 Å². The molecule has 2 saturated heterocycles. The molecule has 2 heterocycles. The predicted octanol–water partition coefficient (Wildman–Crippen LogP) is 3.82. The van der Waals surface area contributed by atoms with E-state index in [2.05, 4.69) is 10.6 Å². The summed E-state index contributed by atoms with van der Waals surface area (Å²) in [5.74, 6) is -0.246. The van der Waals surface area contributed by atoms with Crippen molar-refractivity contribution in [1.82, 2.24) is 14.5 Å². The maximum Gasteiger partial charge on any atom is 0.319 e. The first-order valence-corrected chi connectivity index (χ1v) is 15.4. The van der Waals surface area contributed by atoms with E-state index >= 15 is 0 Å². The molecule has 9 nitrogen and oxygen atoms in total. The molecule has 0 aliphatic carbocycles. The summed E-state index contributed by atoms with van der Waals surface area (Å²) in [6.45, 7) is 3.03. The van der Waals surface area contributed by atoms with Gasteiger partial charge in [0.2, 0.25) is 15.9 Å². The van der Waals surface area contributed by atoms with E-state index in [0.717, 1.165) is 31.1 Å². The van der Waals surface area contributed by atoms with Crippen molar-refractivity contribution in [2.75, 3.05) is 37.8 Å². The first-order chi connectivity index (χ1) is 18.9. The molecule has 1 atom stereocenters. The van der Waals surface area contributed by atoms with Crippen LogP contribution < -0.4 is 10.6 Å². The van der Waals surface area contributed by atoms with Gasteiger partial charge in [0.1, 0.15) is 5.82 Å². The summed E-state index contributed by atoms with van der Waals surface area (Å²) in [6.07, 6.45) is 4.36. The summed E-state index contributed by atoms with van der Waals surface area (Å²) in [5.41, 5.74) is 1.01. The summed E-state index contributed by atoms with van der Waals surface area (Å²) in [6, 6.07) is 12.5. The van der Waals surface area contributed by atoms with Gasteiger partial charge in [-0.05, 0) is 74.8 Å². The molecule has 0 aromatic heterocycles. The minimum Gasteiger partial charge on any atom is -0.342 e. The number of amides is 3. The van der Waals surface area contributed by atoms with Crippen molar-refractivity contribution in [2.45, 2.75) is 51.0 Å². The lowest BCUT2D eigenvalue weighted by molar-refractivity contribution is -0.134. The van der Waals surface area contributed by atoms with Crippen LogP contribution in [0.2, 0.25) is 0 Å². The molecule has 0 radical (unpaired) electrons. The Hall–Kier alpha value is -3.31. The number of benzene rings is 2. The van der Waals surface area contributed by atoms with Crippen LogP contribution in [0.5, 0.6) is 0 Å². The first kappa shape index (κ1) is 29.7. The second kappa shape index (κ2) is 12.5. The Kier molecular flexibility index (Phi) is 9.25. The van der Waals surface area contributed by atoms with Crippen LogP contribution in [0.25, 0.3) is 0 Å². The number of ketones is 1. The quantitative estimate of drug-likeness (QED) is 0.467. The zero-order valence-corrected chi connectivity index (χ0v) is 23.8. The van der Waals surface area contributed by atoms with Crippen molar-refractivity contribution in [3.63, 3.8) is 0 Å². The number of rotatable bonds is 8. The zero-order chi connectivity index (χ0) is 28.9. The van der Waals surface area contributed by atoms with Crippen LogP contribution in [0.15, 0.2) is 48.5 Å². The minimum absolute atomic E-state index is 0.0504. The monoisotopic (exact) mass is 572 g/mol. The van der Waals surface area contributed by atoms with Crippen LogP contribution in [-0.4, -0.2) is 73.3 Å². The molecule has 2 aliphatic rings. The molecule has 3 amide bonds. The number of Topliss-reactive ketones (excluding diaryl/α,β-unsaturated/α-hetero) is 1. The molecule has 216 valence electrons. The number of urea groups is 1.